The zero-order valence-corrected chi connectivity index (χ0v) is 21.3. The number of fused-ring (bicyclic) bond motifs is 3. The van der Waals surface area contributed by atoms with Crippen LogP contribution in [0.15, 0.2) is 72.6 Å². The van der Waals surface area contributed by atoms with E-state index in [-0.39, 0.29) is 11.1 Å². The van der Waals surface area contributed by atoms with Crippen LogP contribution >= 0.6 is 0 Å². The fourth-order valence-electron chi connectivity index (χ4n) is 6.69. The summed E-state index contributed by atoms with van der Waals surface area (Å²) >= 11 is 0. The Kier molecular flexibility index (Phi) is 4.65. The third-order valence-electron chi connectivity index (χ3n) is 8.30. The van der Waals surface area contributed by atoms with Gasteiger partial charge in [-0.05, 0) is 53.8 Å². The van der Waals surface area contributed by atoms with Crippen LogP contribution in [0.4, 0.5) is 5.69 Å². The fraction of sp³-hybridized carbons (Fsp3) is 0.121. The topological polar surface area (TPSA) is 93.8 Å². The third-order valence-corrected chi connectivity index (χ3v) is 8.30. The Morgan fingerprint density at radius 3 is 2.80 bits per heavy atom. The first kappa shape index (κ1) is 22.8. The van der Waals surface area contributed by atoms with E-state index in [0.717, 1.165) is 68.6 Å². The second-order valence-corrected chi connectivity index (χ2v) is 10.5. The van der Waals surface area contributed by atoms with Gasteiger partial charge in [0.1, 0.15) is 11.5 Å². The van der Waals surface area contributed by atoms with Crippen molar-refractivity contribution >= 4 is 46.8 Å². The molecule has 0 unspecified atom stereocenters. The van der Waals surface area contributed by atoms with E-state index in [1.165, 1.54) is 17.7 Å². The molecule has 0 spiro atoms. The van der Waals surface area contributed by atoms with Crippen molar-refractivity contribution in [2.45, 2.75) is 19.3 Å². The summed E-state index contributed by atoms with van der Waals surface area (Å²) in [6.07, 6.45) is 16.7. The van der Waals surface area contributed by atoms with Gasteiger partial charge in [-0.1, -0.05) is 30.4 Å². The van der Waals surface area contributed by atoms with Crippen LogP contribution in [0.25, 0.3) is 29.2 Å². The molecule has 0 fully saturated rings. The van der Waals surface area contributed by atoms with E-state index in [2.05, 4.69) is 58.3 Å². The SMILES string of the molecule is O=C([O-])c1ccc(C2=C3CC4=c5c(ccc[n+]5C=CC4)=C3Oc3c2cc2c4c3CC=CN4CC=C2)c(C(=O)O)c1. The van der Waals surface area contributed by atoms with Crippen molar-refractivity contribution in [2.75, 3.05) is 11.4 Å². The Morgan fingerprint density at radius 1 is 1.05 bits per heavy atom. The predicted octanol–water partition coefficient (Wildman–Crippen LogP) is 2.37. The highest BCUT2D eigenvalue weighted by Crippen LogP contribution is 2.51. The van der Waals surface area contributed by atoms with E-state index in [9.17, 15) is 19.8 Å². The van der Waals surface area contributed by atoms with Crippen LogP contribution in [0.1, 0.15) is 55.8 Å². The van der Waals surface area contributed by atoms with E-state index in [0.29, 0.717) is 18.4 Å². The molecule has 0 atom stereocenters. The van der Waals surface area contributed by atoms with Gasteiger partial charge in [0.05, 0.1) is 22.4 Å². The predicted molar refractivity (Wildman–Crippen MR) is 147 cm³/mol. The van der Waals surface area contributed by atoms with E-state index in [1.54, 1.807) is 6.07 Å². The molecule has 0 saturated carbocycles. The Bertz CT molecular complexity index is 1990. The fourth-order valence-corrected chi connectivity index (χ4v) is 6.69. The molecule has 1 aromatic heterocycles. The molecule has 0 amide bonds. The second-order valence-electron chi connectivity index (χ2n) is 10.5. The Hall–Kier alpha value is -5.17. The van der Waals surface area contributed by atoms with Crippen LogP contribution < -0.4 is 29.9 Å². The Balaban J connectivity index is 1.52. The molecular weight excluding hydrogens is 504 g/mol. The summed E-state index contributed by atoms with van der Waals surface area (Å²) in [5.74, 6) is -1.18. The number of carboxylic acid groups (broad SMARTS) is 2. The lowest BCUT2D eigenvalue weighted by atomic mass is 9.79. The molecule has 0 radical (unpaired) electrons. The number of hydrogen-bond donors (Lipinski definition) is 1. The van der Waals surface area contributed by atoms with E-state index in [4.69, 9.17) is 4.74 Å². The van der Waals surface area contributed by atoms with Crippen molar-refractivity contribution in [3.05, 3.63) is 117 Å². The van der Waals surface area contributed by atoms with Crippen molar-refractivity contribution in [1.82, 2.24) is 0 Å². The summed E-state index contributed by atoms with van der Waals surface area (Å²) in [4.78, 5) is 26.4. The number of allylic oxidation sites excluding steroid dienone is 2. The summed E-state index contributed by atoms with van der Waals surface area (Å²) < 4.78 is 9.00. The van der Waals surface area contributed by atoms with Crippen LogP contribution in [0.3, 0.4) is 0 Å². The number of pyridine rings is 1. The second kappa shape index (κ2) is 8.16. The van der Waals surface area contributed by atoms with Crippen molar-refractivity contribution in [3.8, 4) is 5.75 Å². The minimum absolute atomic E-state index is 0.0812. The lowest BCUT2D eigenvalue weighted by Crippen LogP contribution is -2.57. The van der Waals surface area contributed by atoms with Gasteiger partial charge in [-0.15, -0.1) is 0 Å². The van der Waals surface area contributed by atoms with Gasteiger partial charge in [-0.3, -0.25) is 0 Å². The number of carboxylic acids is 2. The average Bonchev–Trinajstić information content (AvgIpc) is 2.97. The maximum atomic E-state index is 12.6. The minimum atomic E-state index is -1.41. The normalized spacial score (nSPS) is 17.1. The number of aromatic nitrogens is 1. The molecule has 1 N–H and O–H groups in total. The van der Waals surface area contributed by atoms with E-state index >= 15 is 0 Å². The van der Waals surface area contributed by atoms with Crippen LogP contribution in [-0.2, 0) is 6.42 Å². The molecule has 5 aliphatic rings. The zero-order chi connectivity index (χ0) is 27.1. The Labute approximate surface area is 228 Å². The molecule has 7 nitrogen and oxygen atoms in total. The zero-order valence-electron chi connectivity index (χ0n) is 21.3. The summed E-state index contributed by atoms with van der Waals surface area (Å²) in [5, 5.41) is 24.0. The molecule has 194 valence electrons. The molecule has 40 heavy (non-hydrogen) atoms. The summed E-state index contributed by atoms with van der Waals surface area (Å²) in [6, 6.07) is 10.3. The number of nitrogens with zero attached hydrogens (tertiary/aromatic N) is 2. The molecule has 7 heteroatoms. The molecule has 1 aliphatic carbocycles. The van der Waals surface area contributed by atoms with Crippen LogP contribution in [0.5, 0.6) is 5.75 Å². The monoisotopic (exact) mass is 526 g/mol. The van der Waals surface area contributed by atoms with Crippen LogP contribution in [0.2, 0.25) is 0 Å². The highest BCUT2D eigenvalue weighted by atomic mass is 16.5. The molecule has 4 aliphatic heterocycles. The van der Waals surface area contributed by atoms with Gasteiger partial charge in [-0.2, -0.15) is 4.57 Å². The highest BCUT2D eigenvalue weighted by molar-refractivity contribution is 6.05. The van der Waals surface area contributed by atoms with Gasteiger partial charge >= 0.3 is 5.97 Å². The number of carbonyl (C=O) groups is 2. The number of rotatable bonds is 3. The largest absolute Gasteiger partial charge is 0.545 e. The van der Waals surface area contributed by atoms with Gasteiger partial charge in [0.2, 0.25) is 5.35 Å². The average molecular weight is 527 g/mol. The molecular formula is C33H22N2O5. The van der Waals surface area contributed by atoms with Gasteiger partial charge in [0.15, 0.2) is 12.4 Å². The maximum absolute atomic E-state index is 12.6. The minimum Gasteiger partial charge on any atom is -0.545 e. The first-order chi connectivity index (χ1) is 19.5. The van der Waals surface area contributed by atoms with Gasteiger partial charge in [-0.25, -0.2) is 4.79 Å². The molecule has 8 rings (SSSR count). The number of aromatic carboxylic acids is 2. The first-order valence-corrected chi connectivity index (χ1v) is 13.2. The summed E-state index contributed by atoms with van der Waals surface area (Å²) in [5.41, 5.74) is 7.12. The maximum Gasteiger partial charge on any atom is 0.336 e. The molecule has 3 aromatic rings. The Morgan fingerprint density at radius 2 is 1.95 bits per heavy atom. The number of ether oxygens (including phenoxy) is 1. The number of anilines is 1. The molecule has 5 heterocycles. The number of hydrogen-bond acceptors (Lipinski definition) is 5. The smallest absolute Gasteiger partial charge is 0.336 e. The van der Waals surface area contributed by atoms with Crippen molar-refractivity contribution in [2.24, 2.45) is 0 Å². The standard InChI is InChI=1S/C33H22N2O5/c36-32(37)20-9-10-21(24(17-20)33(38)39)27-25-15-18-5-1-11-34-13-3-7-22(28(18)34)30(25)40-31-23-8-4-14-35-12-2-6-19(29(23)35)16-26(27)31/h1-5,8-10,12-15,17H,6-7,11,16H2,(H-,36,37,38,39). The third kappa shape index (κ3) is 3.09. The molecule has 0 saturated heterocycles. The van der Waals surface area contributed by atoms with Crippen LogP contribution in [0, 0.1) is 0 Å². The van der Waals surface area contributed by atoms with Crippen molar-refractivity contribution in [3.63, 3.8) is 0 Å². The number of benzene rings is 2. The lowest BCUT2D eigenvalue weighted by Gasteiger charge is -2.36. The lowest BCUT2D eigenvalue weighted by molar-refractivity contribution is -0.585. The summed E-state index contributed by atoms with van der Waals surface area (Å²) in [6.45, 7) is 0.765. The highest BCUT2D eigenvalue weighted by Gasteiger charge is 2.37. The molecule has 2 aromatic carbocycles. The van der Waals surface area contributed by atoms with E-state index < -0.39 is 11.9 Å². The number of carbonyl (C=O) groups excluding carboxylic acids is 1. The van der Waals surface area contributed by atoms with Gasteiger partial charge in [0.25, 0.3) is 0 Å². The quantitative estimate of drug-likeness (QED) is 0.527. The van der Waals surface area contributed by atoms with Gasteiger partial charge < -0.3 is 24.6 Å². The van der Waals surface area contributed by atoms with Crippen molar-refractivity contribution in [1.29, 1.82) is 0 Å². The van der Waals surface area contributed by atoms with Crippen molar-refractivity contribution < 1.29 is 29.1 Å². The summed E-state index contributed by atoms with van der Waals surface area (Å²) in [7, 11) is 0. The first-order valence-electron chi connectivity index (χ1n) is 13.2. The van der Waals surface area contributed by atoms with Crippen LogP contribution in [-0.4, -0.2) is 23.6 Å². The molecule has 0 bridgehead atoms. The van der Waals surface area contributed by atoms with Gasteiger partial charge in [0, 0.05) is 53.1 Å². The van der Waals surface area contributed by atoms with E-state index in [1.807, 2.05) is 12.3 Å².